The van der Waals surface area contributed by atoms with E-state index in [1.165, 1.54) is 10.7 Å². The summed E-state index contributed by atoms with van der Waals surface area (Å²) in [5.74, 6) is 0.351. The Morgan fingerprint density at radius 3 is 2.30 bits per heavy atom. The average Bonchev–Trinajstić information content (AvgIpc) is 3.02. The largest absolute Gasteiger partial charge is 0.340 e. The van der Waals surface area contributed by atoms with E-state index in [0.29, 0.717) is 30.5 Å². The van der Waals surface area contributed by atoms with Gasteiger partial charge in [0.25, 0.3) is 10.0 Å². The molecule has 1 aromatic rings. The van der Waals surface area contributed by atoms with Gasteiger partial charge in [0.2, 0.25) is 5.91 Å². The summed E-state index contributed by atoms with van der Waals surface area (Å²) in [5.41, 5.74) is 0. The van der Waals surface area contributed by atoms with Gasteiger partial charge in [-0.3, -0.25) is 4.79 Å². The van der Waals surface area contributed by atoms with E-state index in [9.17, 15) is 13.2 Å². The molecule has 1 saturated heterocycles. The maximum absolute atomic E-state index is 12.6. The Balaban J connectivity index is 1.60. The Labute approximate surface area is 146 Å². The molecule has 1 aliphatic carbocycles. The zero-order valence-electron chi connectivity index (χ0n) is 12.9. The molecule has 8 heteroatoms. The molecule has 1 aromatic heterocycles. The van der Waals surface area contributed by atoms with Crippen LogP contribution >= 0.6 is 22.9 Å². The van der Waals surface area contributed by atoms with E-state index in [4.69, 9.17) is 11.6 Å². The summed E-state index contributed by atoms with van der Waals surface area (Å²) in [6.07, 6.45) is 5.43. The van der Waals surface area contributed by atoms with E-state index in [-0.39, 0.29) is 16.0 Å². The Bertz CT molecular complexity index is 660. The van der Waals surface area contributed by atoms with Crippen LogP contribution < -0.4 is 0 Å². The Morgan fingerprint density at radius 2 is 1.74 bits per heavy atom. The molecule has 0 N–H and O–H groups in total. The molecule has 1 aliphatic heterocycles. The second kappa shape index (κ2) is 7.09. The van der Waals surface area contributed by atoms with Crippen molar-refractivity contribution in [2.75, 3.05) is 26.2 Å². The van der Waals surface area contributed by atoms with E-state index in [1.54, 1.807) is 12.1 Å². The molecule has 3 rings (SSSR count). The number of amides is 1. The zero-order chi connectivity index (χ0) is 16.4. The minimum absolute atomic E-state index is 0.142. The smallest absolute Gasteiger partial charge is 0.252 e. The van der Waals surface area contributed by atoms with E-state index >= 15 is 0 Å². The van der Waals surface area contributed by atoms with Crippen molar-refractivity contribution in [3.8, 4) is 0 Å². The number of halogens is 1. The molecule has 2 fully saturated rings. The summed E-state index contributed by atoms with van der Waals surface area (Å²) < 4.78 is 27.3. The molecule has 2 aliphatic rings. The van der Waals surface area contributed by atoms with Gasteiger partial charge < -0.3 is 4.90 Å². The van der Waals surface area contributed by atoms with Crippen LogP contribution in [0.5, 0.6) is 0 Å². The van der Waals surface area contributed by atoms with Gasteiger partial charge in [-0.15, -0.1) is 11.3 Å². The van der Waals surface area contributed by atoms with Gasteiger partial charge in [0, 0.05) is 32.1 Å². The SMILES string of the molecule is O=C(C1CCCCC1)N1CCN(S(=O)(=O)c2ccc(Cl)s2)CC1. The lowest BCUT2D eigenvalue weighted by atomic mass is 9.88. The van der Waals surface area contributed by atoms with Gasteiger partial charge in [-0.1, -0.05) is 30.9 Å². The lowest BCUT2D eigenvalue weighted by Crippen LogP contribution is -2.51. The van der Waals surface area contributed by atoms with Crippen molar-refractivity contribution in [2.45, 2.75) is 36.3 Å². The fourth-order valence-corrected chi connectivity index (χ4v) is 6.38. The highest BCUT2D eigenvalue weighted by Crippen LogP contribution is 2.29. The molecule has 23 heavy (non-hydrogen) atoms. The van der Waals surface area contributed by atoms with Crippen LogP contribution in [-0.2, 0) is 14.8 Å². The zero-order valence-corrected chi connectivity index (χ0v) is 15.3. The first-order chi connectivity index (χ1) is 11.0. The summed E-state index contributed by atoms with van der Waals surface area (Å²) in [7, 11) is -3.49. The number of nitrogens with zero attached hydrogens (tertiary/aromatic N) is 2. The van der Waals surface area contributed by atoms with Crippen molar-refractivity contribution in [1.82, 2.24) is 9.21 Å². The van der Waals surface area contributed by atoms with Gasteiger partial charge in [0.15, 0.2) is 0 Å². The third-order valence-electron chi connectivity index (χ3n) is 4.65. The Morgan fingerprint density at radius 1 is 1.09 bits per heavy atom. The maximum Gasteiger partial charge on any atom is 0.252 e. The predicted molar refractivity (Wildman–Crippen MR) is 91.2 cm³/mol. The van der Waals surface area contributed by atoms with Gasteiger partial charge in [-0.2, -0.15) is 4.31 Å². The highest BCUT2D eigenvalue weighted by molar-refractivity contribution is 7.91. The molecule has 2 heterocycles. The number of carbonyl (C=O) groups is 1. The molecule has 0 aromatic carbocycles. The molecule has 128 valence electrons. The van der Waals surface area contributed by atoms with Crippen molar-refractivity contribution in [2.24, 2.45) is 5.92 Å². The van der Waals surface area contributed by atoms with Gasteiger partial charge in [-0.05, 0) is 25.0 Å². The van der Waals surface area contributed by atoms with Crippen molar-refractivity contribution in [3.63, 3.8) is 0 Å². The molecule has 0 radical (unpaired) electrons. The number of rotatable bonds is 3. The molecule has 0 bridgehead atoms. The summed E-state index contributed by atoms with van der Waals surface area (Å²) in [6.45, 7) is 1.67. The van der Waals surface area contributed by atoms with Crippen LogP contribution in [0.1, 0.15) is 32.1 Å². The van der Waals surface area contributed by atoms with Gasteiger partial charge in [0.1, 0.15) is 4.21 Å². The molecule has 0 atom stereocenters. The topological polar surface area (TPSA) is 57.7 Å². The predicted octanol–water partition coefficient (Wildman–Crippen LogP) is 2.81. The second-order valence-corrected chi connectivity index (χ2v) is 10.0. The highest BCUT2D eigenvalue weighted by Gasteiger charge is 2.33. The van der Waals surface area contributed by atoms with Crippen LogP contribution in [0.2, 0.25) is 4.34 Å². The van der Waals surface area contributed by atoms with Crippen molar-refractivity contribution in [3.05, 3.63) is 16.5 Å². The monoisotopic (exact) mass is 376 g/mol. The third kappa shape index (κ3) is 3.73. The Hall–Kier alpha value is -0.630. The second-order valence-electron chi connectivity index (χ2n) is 6.12. The van der Waals surface area contributed by atoms with Crippen molar-refractivity contribution < 1.29 is 13.2 Å². The first-order valence-corrected chi connectivity index (χ1v) is 10.7. The highest BCUT2D eigenvalue weighted by atomic mass is 35.5. The van der Waals surface area contributed by atoms with E-state index in [0.717, 1.165) is 37.0 Å². The average molecular weight is 377 g/mol. The van der Waals surface area contributed by atoms with Gasteiger partial charge >= 0.3 is 0 Å². The lowest BCUT2D eigenvalue weighted by Gasteiger charge is -2.36. The lowest BCUT2D eigenvalue weighted by molar-refractivity contribution is -0.137. The summed E-state index contributed by atoms with van der Waals surface area (Å²) in [5, 5.41) is 0. The van der Waals surface area contributed by atoms with Crippen molar-refractivity contribution in [1.29, 1.82) is 0 Å². The number of thiophene rings is 1. The normalized spacial score (nSPS) is 21.5. The number of sulfonamides is 1. The summed E-state index contributed by atoms with van der Waals surface area (Å²) >= 11 is 6.91. The maximum atomic E-state index is 12.6. The molecule has 1 saturated carbocycles. The molecule has 0 spiro atoms. The first kappa shape index (κ1) is 17.2. The standard InChI is InChI=1S/C15H21ClN2O3S2/c16-13-6-7-14(22-13)23(20,21)18-10-8-17(9-11-18)15(19)12-4-2-1-3-5-12/h6-7,12H,1-5,8-11H2. The third-order valence-corrected chi connectivity index (χ3v) is 8.24. The van der Waals surface area contributed by atoms with Crippen LogP contribution in [0, 0.1) is 5.92 Å². The van der Waals surface area contributed by atoms with Crippen LogP contribution in [0.3, 0.4) is 0 Å². The fourth-order valence-electron chi connectivity index (χ4n) is 3.32. The van der Waals surface area contributed by atoms with Crippen LogP contribution in [-0.4, -0.2) is 49.7 Å². The minimum Gasteiger partial charge on any atom is -0.340 e. The van der Waals surface area contributed by atoms with Gasteiger partial charge in [-0.25, -0.2) is 8.42 Å². The number of carbonyl (C=O) groups excluding carboxylic acids is 1. The summed E-state index contributed by atoms with van der Waals surface area (Å²) in [6, 6.07) is 3.14. The molecule has 5 nitrogen and oxygen atoms in total. The van der Waals surface area contributed by atoms with Crippen LogP contribution in [0.4, 0.5) is 0 Å². The number of piperazine rings is 1. The number of hydrogen-bond donors (Lipinski definition) is 0. The molecular weight excluding hydrogens is 356 g/mol. The van der Waals surface area contributed by atoms with Gasteiger partial charge in [0.05, 0.1) is 4.34 Å². The van der Waals surface area contributed by atoms with Crippen molar-refractivity contribution >= 4 is 38.9 Å². The van der Waals surface area contributed by atoms with Crippen LogP contribution in [0.15, 0.2) is 16.3 Å². The van der Waals surface area contributed by atoms with E-state index in [1.807, 2.05) is 4.90 Å². The Kier molecular flexibility index (Phi) is 5.30. The molecule has 0 unspecified atom stereocenters. The van der Waals surface area contributed by atoms with E-state index < -0.39 is 10.0 Å². The van der Waals surface area contributed by atoms with Crippen LogP contribution in [0.25, 0.3) is 0 Å². The quantitative estimate of drug-likeness (QED) is 0.815. The molecular formula is C15H21ClN2O3S2. The minimum atomic E-state index is -3.49. The van der Waals surface area contributed by atoms with E-state index in [2.05, 4.69) is 0 Å². The first-order valence-electron chi connectivity index (χ1n) is 8.03. The summed E-state index contributed by atoms with van der Waals surface area (Å²) in [4.78, 5) is 14.4. The number of hydrogen-bond acceptors (Lipinski definition) is 4. The fraction of sp³-hybridized carbons (Fsp3) is 0.667. The molecule has 1 amide bonds.